The summed E-state index contributed by atoms with van der Waals surface area (Å²) in [6, 6.07) is 17.6. The molecule has 3 aromatic rings. The molecule has 2 aromatic carbocycles. The van der Waals surface area contributed by atoms with Gasteiger partial charge in [0, 0.05) is 29.0 Å². The van der Waals surface area contributed by atoms with E-state index in [1.807, 2.05) is 31.2 Å². The Hall–Kier alpha value is -3.18. The molecule has 0 aliphatic carbocycles. The number of hydrogen-bond donors (Lipinski definition) is 2. The van der Waals surface area contributed by atoms with Crippen LogP contribution >= 0.6 is 11.6 Å². The smallest absolute Gasteiger partial charge is 0.274 e. The maximum atomic E-state index is 12.4. The van der Waals surface area contributed by atoms with Gasteiger partial charge in [-0.15, -0.1) is 0 Å². The molecule has 6 heteroatoms. The number of nitrogens with zero attached hydrogens (tertiary/aromatic N) is 1. The van der Waals surface area contributed by atoms with Gasteiger partial charge in [-0.1, -0.05) is 35.9 Å². The molecule has 2 N–H and O–H groups in total. The van der Waals surface area contributed by atoms with Crippen molar-refractivity contribution in [2.24, 2.45) is 0 Å². The van der Waals surface area contributed by atoms with E-state index in [-0.39, 0.29) is 11.6 Å². The minimum Gasteiger partial charge on any atom is -0.348 e. The van der Waals surface area contributed by atoms with E-state index in [4.69, 9.17) is 11.6 Å². The summed E-state index contributed by atoms with van der Waals surface area (Å²) in [5.74, 6) is -0.660. The fraction of sp³-hybridized carbons (Fsp3) is 0.0952. The normalized spacial score (nSPS) is 10.3. The van der Waals surface area contributed by atoms with Gasteiger partial charge >= 0.3 is 0 Å². The van der Waals surface area contributed by atoms with Crippen LogP contribution in [0.1, 0.15) is 32.0 Å². The van der Waals surface area contributed by atoms with Crippen LogP contribution < -0.4 is 10.6 Å². The van der Waals surface area contributed by atoms with Crippen molar-refractivity contribution < 1.29 is 9.59 Å². The summed E-state index contributed by atoms with van der Waals surface area (Å²) in [6.07, 6.45) is 1.44. The summed E-state index contributed by atoms with van der Waals surface area (Å²) >= 11 is 5.84. The van der Waals surface area contributed by atoms with Crippen LogP contribution in [0.2, 0.25) is 5.02 Å². The maximum absolute atomic E-state index is 12.4. The van der Waals surface area contributed by atoms with Crippen molar-refractivity contribution in [1.82, 2.24) is 10.3 Å². The molecular weight excluding hydrogens is 362 g/mol. The number of benzene rings is 2. The van der Waals surface area contributed by atoms with Crippen LogP contribution in [-0.2, 0) is 6.54 Å². The van der Waals surface area contributed by atoms with E-state index in [0.717, 1.165) is 11.1 Å². The van der Waals surface area contributed by atoms with Crippen LogP contribution in [0.15, 0.2) is 66.9 Å². The van der Waals surface area contributed by atoms with E-state index in [1.54, 1.807) is 30.3 Å². The highest BCUT2D eigenvalue weighted by Crippen LogP contribution is 2.14. The molecule has 0 radical (unpaired) electrons. The van der Waals surface area contributed by atoms with Crippen molar-refractivity contribution >= 4 is 29.1 Å². The first-order valence-electron chi connectivity index (χ1n) is 8.38. The number of aryl methyl sites for hydroxylation is 1. The topological polar surface area (TPSA) is 71.1 Å². The molecule has 0 unspecified atom stereocenters. The van der Waals surface area contributed by atoms with Crippen molar-refractivity contribution in [1.29, 1.82) is 0 Å². The number of amides is 2. The van der Waals surface area contributed by atoms with Crippen LogP contribution in [0.25, 0.3) is 0 Å². The van der Waals surface area contributed by atoms with Gasteiger partial charge < -0.3 is 10.6 Å². The zero-order chi connectivity index (χ0) is 19.2. The molecule has 2 amide bonds. The molecule has 136 valence electrons. The Morgan fingerprint density at radius 2 is 1.74 bits per heavy atom. The predicted molar refractivity (Wildman–Crippen MR) is 106 cm³/mol. The van der Waals surface area contributed by atoms with E-state index in [9.17, 15) is 9.59 Å². The van der Waals surface area contributed by atoms with Crippen LogP contribution in [-0.4, -0.2) is 16.8 Å². The van der Waals surface area contributed by atoms with E-state index in [2.05, 4.69) is 15.6 Å². The third-order valence-electron chi connectivity index (χ3n) is 4.06. The van der Waals surface area contributed by atoms with Gasteiger partial charge in [-0.2, -0.15) is 0 Å². The number of nitrogens with one attached hydrogen (secondary N) is 2. The van der Waals surface area contributed by atoms with Gasteiger partial charge in [0.05, 0.1) is 0 Å². The molecule has 3 rings (SSSR count). The Morgan fingerprint density at radius 1 is 1.00 bits per heavy atom. The van der Waals surface area contributed by atoms with E-state index in [0.29, 0.717) is 22.8 Å². The number of pyridine rings is 1. The van der Waals surface area contributed by atoms with Crippen LogP contribution in [0, 0.1) is 6.92 Å². The molecule has 0 fully saturated rings. The molecule has 0 saturated heterocycles. The van der Waals surface area contributed by atoms with Gasteiger partial charge in [-0.3, -0.25) is 14.6 Å². The fourth-order valence-electron chi connectivity index (χ4n) is 2.51. The summed E-state index contributed by atoms with van der Waals surface area (Å²) in [5, 5.41) is 6.17. The van der Waals surface area contributed by atoms with Gasteiger partial charge in [-0.05, 0) is 54.4 Å². The van der Waals surface area contributed by atoms with Crippen molar-refractivity contribution in [3.8, 4) is 0 Å². The third kappa shape index (κ3) is 4.92. The van der Waals surface area contributed by atoms with E-state index < -0.39 is 5.91 Å². The summed E-state index contributed by atoms with van der Waals surface area (Å²) in [6.45, 7) is 2.41. The molecule has 0 saturated carbocycles. The Labute approximate surface area is 162 Å². The number of halogens is 1. The molecule has 0 bridgehead atoms. The van der Waals surface area contributed by atoms with Crippen LogP contribution in [0.3, 0.4) is 0 Å². The van der Waals surface area contributed by atoms with Gasteiger partial charge in [-0.25, -0.2) is 0 Å². The van der Waals surface area contributed by atoms with Gasteiger partial charge in [0.2, 0.25) is 0 Å². The molecule has 27 heavy (non-hydrogen) atoms. The van der Waals surface area contributed by atoms with Gasteiger partial charge in [0.1, 0.15) is 5.69 Å². The fourth-order valence-corrected chi connectivity index (χ4v) is 2.64. The van der Waals surface area contributed by atoms with Crippen molar-refractivity contribution in [3.05, 3.63) is 94.3 Å². The van der Waals surface area contributed by atoms with Crippen molar-refractivity contribution in [2.45, 2.75) is 13.5 Å². The Kier molecular flexibility index (Phi) is 5.84. The maximum Gasteiger partial charge on any atom is 0.274 e. The Morgan fingerprint density at radius 3 is 2.48 bits per heavy atom. The summed E-state index contributed by atoms with van der Waals surface area (Å²) in [5.41, 5.74) is 3.28. The summed E-state index contributed by atoms with van der Waals surface area (Å²) in [4.78, 5) is 28.8. The minimum atomic E-state index is -0.397. The highest BCUT2D eigenvalue weighted by atomic mass is 35.5. The number of hydrogen-bond acceptors (Lipinski definition) is 3. The van der Waals surface area contributed by atoms with Gasteiger partial charge in [0.15, 0.2) is 0 Å². The zero-order valence-electron chi connectivity index (χ0n) is 14.7. The lowest BCUT2D eigenvalue weighted by molar-refractivity contribution is 0.0950. The number of rotatable bonds is 5. The summed E-state index contributed by atoms with van der Waals surface area (Å²) < 4.78 is 0. The molecule has 5 nitrogen and oxygen atoms in total. The van der Waals surface area contributed by atoms with E-state index in [1.165, 1.54) is 12.3 Å². The highest BCUT2D eigenvalue weighted by molar-refractivity contribution is 6.30. The van der Waals surface area contributed by atoms with Crippen molar-refractivity contribution in [2.75, 3.05) is 5.32 Å². The predicted octanol–water partition coefficient (Wildman–Crippen LogP) is 4.23. The third-order valence-corrected chi connectivity index (χ3v) is 4.31. The average Bonchev–Trinajstić information content (AvgIpc) is 2.69. The second kappa shape index (κ2) is 8.47. The Bertz CT molecular complexity index is 971. The molecule has 0 aliphatic heterocycles. The van der Waals surface area contributed by atoms with Crippen molar-refractivity contribution in [3.63, 3.8) is 0 Å². The number of aromatic nitrogens is 1. The minimum absolute atomic E-state index is 0.161. The summed E-state index contributed by atoms with van der Waals surface area (Å²) in [7, 11) is 0. The molecule has 1 heterocycles. The molecule has 0 aliphatic rings. The molecular formula is C21H18ClN3O2. The average molecular weight is 380 g/mol. The quantitative estimate of drug-likeness (QED) is 0.697. The standard InChI is InChI=1S/C21H18ClN3O2/c1-14-4-2-3-5-16(14)13-24-20(26)15-10-11-23-19(12-15)21(27)25-18-8-6-17(22)7-9-18/h2-12H,13H2,1H3,(H,24,26)(H,25,27). The molecule has 0 atom stereocenters. The second-order valence-electron chi connectivity index (χ2n) is 6.00. The lowest BCUT2D eigenvalue weighted by Gasteiger charge is -2.09. The van der Waals surface area contributed by atoms with Gasteiger partial charge in [0.25, 0.3) is 11.8 Å². The van der Waals surface area contributed by atoms with Crippen LogP contribution in [0.4, 0.5) is 5.69 Å². The first kappa shape index (κ1) is 18.6. The first-order valence-corrected chi connectivity index (χ1v) is 8.76. The lowest BCUT2D eigenvalue weighted by Crippen LogP contribution is -2.24. The molecule has 0 spiro atoms. The zero-order valence-corrected chi connectivity index (χ0v) is 15.5. The largest absolute Gasteiger partial charge is 0.348 e. The lowest BCUT2D eigenvalue weighted by atomic mass is 10.1. The number of anilines is 1. The molecule has 1 aromatic heterocycles. The highest BCUT2D eigenvalue weighted by Gasteiger charge is 2.12. The SMILES string of the molecule is Cc1ccccc1CNC(=O)c1ccnc(C(=O)Nc2ccc(Cl)cc2)c1. The monoisotopic (exact) mass is 379 g/mol. The Balaban J connectivity index is 1.67. The number of carbonyl (C=O) groups is 2. The van der Waals surface area contributed by atoms with E-state index >= 15 is 0 Å². The number of carbonyl (C=O) groups excluding carboxylic acids is 2. The second-order valence-corrected chi connectivity index (χ2v) is 6.44. The van der Waals surface area contributed by atoms with Crippen LogP contribution in [0.5, 0.6) is 0 Å². The first-order chi connectivity index (χ1) is 13.0.